The van der Waals surface area contributed by atoms with Crippen LogP contribution in [0.2, 0.25) is 0 Å². The SMILES string of the molecule is NCCCC(=O)NCCc1cnco1. The molecular formula is C9H15N3O2. The molecule has 0 unspecified atom stereocenters. The molecule has 1 aromatic heterocycles. The van der Waals surface area contributed by atoms with Gasteiger partial charge in [-0.15, -0.1) is 0 Å². The number of amides is 1. The summed E-state index contributed by atoms with van der Waals surface area (Å²) in [4.78, 5) is 14.9. The lowest BCUT2D eigenvalue weighted by molar-refractivity contribution is -0.121. The Morgan fingerprint density at radius 2 is 2.50 bits per heavy atom. The maximum atomic E-state index is 11.1. The first kappa shape index (κ1) is 10.7. The average molecular weight is 197 g/mol. The summed E-state index contributed by atoms with van der Waals surface area (Å²) < 4.78 is 5.01. The van der Waals surface area contributed by atoms with Gasteiger partial charge in [0.1, 0.15) is 5.76 Å². The zero-order chi connectivity index (χ0) is 10.2. The molecule has 0 saturated carbocycles. The van der Waals surface area contributed by atoms with E-state index in [2.05, 4.69) is 10.3 Å². The summed E-state index contributed by atoms with van der Waals surface area (Å²) in [5.74, 6) is 0.819. The second kappa shape index (κ2) is 6.15. The number of nitrogens with zero attached hydrogens (tertiary/aromatic N) is 1. The van der Waals surface area contributed by atoms with E-state index in [9.17, 15) is 4.79 Å². The maximum absolute atomic E-state index is 11.1. The van der Waals surface area contributed by atoms with Gasteiger partial charge < -0.3 is 15.5 Å². The van der Waals surface area contributed by atoms with Crippen LogP contribution in [0.5, 0.6) is 0 Å². The van der Waals surface area contributed by atoms with Gasteiger partial charge in [0.05, 0.1) is 6.20 Å². The predicted octanol–water partition coefficient (Wildman–Crippen LogP) is 0.0722. The van der Waals surface area contributed by atoms with E-state index in [0.717, 1.165) is 12.2 Å². The number of rotatable bonds is 6. The Hall–Kier alpha value is -1.36. The number of nitrogens with two attached hydrogens (primary N) is 1. The largest absolute Gasteiger partial charge is 0.448 e. The predicted molar refractivity (Wildman–Crippen MR) is 51.5 cm³/mol. The number of nitrogens with one attached hydrogen (secondary N) is 1. The van der Waals surface area contributed by atoms with Crippen LogP contribution in [0.3, 0.4) is 0 Å². The zero-order valence-corrected chi connectivity index (χ0v) is 8.03. The number of hydrogen-bond donors (Lipinski definition) is 2. The summed E-state index contributed by atoms with van der Waals surface area (Å²) >= 11 is 0. The Kier molecular flexibility index (Phi) is 4.71. The first-order chi connectivity index (χ1) is 6.83. The number of aromatic nitrogens is 1. The van der Waals surface area contributed by atoms with E-state index in [1.54, 1.807) is 6.20 Å². The van der Waals surface area contributed by atoms with Gasteiger partial charge in [-0.2, -0.15) is 0 Å². The summed E-state index contributed by atoms with van der Waals surface area (Å²) in [7, 11) is 0. The van der Waals surface area contributed by atoms with Crippen molar-refractivity contribution in [3.63, 3.8) is 0 Å². The molecule has 0 aromatic carbocycles. The highest BCUT2D eigenvalue weighted by atomic mass is 16.3. The highest BCUT2D eigenvalue weighted by Gasteiger charge is 2.00. The van der Waals surface area contributed by atoms with Gasteiger partial charge in [-0.25, -0.2) is 4.98 Å². The third-order valence-corrected chi connectivity index (χ3v) is 1.78. The fraction of sp³-hybridized carbons (Fsp3) is 0.556. The Bertz CT molecular complexity index is 259. The standard InChI is InChI=1S/C9H15N3O2/c10-4-1-2-9(13)12-5-3-8-6-11-7-14-8/h6-7H,1-5,10H2,(H,12,13). The molecule has 0 saturated heterocycles. The smallest absolute Gasteiger partial charge is 0.220 e. The van der Waals surface area contributed by atoms with Crippen LogP contribution in [-0.2, 0) is 11.2 Å². The van der Waals surface area contributed by atoms with E-state index in [4.69, 9.17) is 10.2 Å². The van der Waals surface area contributed by atoms with Crippen molar-refractivity contribution < 1.29 is 9.21 Å². The van der Waals surface area contributed by atoms with Crippen molar-refractivity contribution in [2.75, 3.05) is 13.1 Å². The summed E-state index contributed by atoms with van der Waals surface area (Å²) in [6, 6.07) is 0. The molecule has 0 atom stereocenters. The van der Waals surface area contributed by atoms with Crippen molar-refractivity contribution in [3.05, 3.63) is 18.4 Å². The lowest BCUT2D eigenvalue weighted by atomic mass is 10.3. The molecule has 0 radical (unpaired) electrons. The molecule has 5 nitrogen and oxygen atoms in total. The van der Waals surface area contributed by atoms with E-state index in [-0.39, 0.29) is 5.91 Å². The Morgan fingerprint density at radius 3 is 3.14 bits per heavy atom. The second-order valence-electron chi connectivity index (χ2n) is 2.96. The van der Waals surface area contributed by atoms with Crippen LogP contribution in [0.25, 0.3) is 0 Å². The molecule has 14 heavy (non-hydrogen) atoms. The molecule has 0 bridgehead atoms. The van der Waals surface area contributed by atoms with E-state index in [1.807, 2.05) is 0 Å². The van der Waals surface area contributed by atoms with E-state index in [0.29, 0.717) is 25.9 Å². The molecule has 3 N–H and O–H groups in total. The van der Waals surface area contributed by atoms with Gasteiger partial charge >= 0.3 is 0 Å². The van der Waals surface area contributed by atoms with Gasteiger partial charge in [0.25, 0.3) is 0 Å². The fourth-order valence-corrected chi connectivity index (χ4v) is 1.04. The molecule has 1 amide bonds. The Labute approximate surface area is 82.7 Å². The third-order valence-electron chi connectivity index (χ3n) is 1.78. The normalized spacial score (nSPS) is 10.1. The zero-order valence-electron chi connectivity index (χ0n) is 8.03. The first-order valence-electron chi connectivity index (χ1n) is 4.67. The van der Waals surface area contributed by atoms with Crippen LogP contribution in [0, 0.1) is 0 Å². The molecule has 1 heterocycles. The topological polar surface area (TPSA) is 81.2 Å². The maximum Gasteiger partial charge on any atom is 0.220 e. The van der Waals surface area contributed by atoms with Crippen LogP contribution in [0.4, 0.5) is 0 Å². The van der Waals surface area contributed by atoms with Crippen LogP contribution in [-0.4, -0.2) is 24.0 Å². The summed E-state index contributed by atoms with van der Waals surface area (Å²) in [5.41, 5.74) is 5.28. The monoisotopic (exact) mass is 197 g/mol. The minimum Gasteiger partial charge on any atom is -0.448 e. The third kappa shape index (κ3) is 4.04. The molecule has 0 spiro atoms. The van der Waals surface area contributed by atoms with Gasteiger partial charge in [0.2, 0.25) is 5.91 Å². The first-order valence-corrected chi connectivity index (χ1v) is 4.67. The van der Waals surface area contributed by atoms with Gasteiger partial charge in [-0.1, -0.05) is 0 Å². The Balaban J connectivity index is 2.06. The number of carbonyl (C=O) groups excluding carboxylic acids is 1. The lowest BCUT2D eigenvalue weighted by Gasteiger charge is -2.02. The summed E-state index contributed by atoms with van der Waals surface area (Å²) in [6.07, 6.45) is 4.92. The number of carbonyl (C=O) groups is 1. The van der Waals surface area contributed by atoms with E-state index in [1.165, 1.54) is 6.39 Å². The van der Waals surface area contributed by atoms with Crippen LogP contribution >= 0.6 is 0 Å². The van der Waals surface area contributed by atoms with E-state index < -0.39 is 0 Å². The molecule has 0 aliphatic rings. The van der Waals surface area contributed by atoms with Crippen LogP contribution in [0.15, 0.2) is 17.0 Å². The number of oxazole rings is 1. The fourth-order valence-electron chi connectivity index (χ4n) is 1.04. The van der Waals surface area contributed by atoms with Gasteiger partial charge in [0, 0.05) is 19.4 Å². The highest BCUT2D eigenvalue weighted by Crippen LogP contribution is 1.96. The minimum atomic E-state index is 0.0370. The molecule has 0 aliphatic heterocycles. The average Bonchev–Trinajstić information content (AvgIpc) is 2.67. The van der Waals surface area contributed by atoms with Crippen molar-refractivity contribution in [2.45, 2.75) is 19.3 Å². The second-order valence-corrected chi connectivity index (χ2v) is 2.96. The van der Waals surface area contributed by atoms with Gasteiger partial charge in [0.15, 0.2) is 6.39 Å². The van der Waals surface area contributed by atoms with Crippen molar-refractivity contribution in [1.82, 2.24) is 10.3 Å². The van der Waals surface area contributed by atoms with Gasteiger partial charge in [-0.3, -0.25) is 4.79 Å². The van der Waals surface area contributed by atoms with Crippen molar-refractivity contribution in [1.29, 1.82) is 0 Å². The minimum absolute atomic E-state index is 0.0370. The quantitative estimate of drug-likeness (QED) is 0.676. The molecule has 78 valence electrons. The summed E-state index contributed by atoms with van der Waals surface area (Å²) in [5, 5.41) is 2.77. The van der Waals surface area contributed by atoms with E-state index >= 15 is 0 Å². The van der Waals surface area contributed by atoms with Crippen molar-refractivity contribution in [3.8, 4) is 0 Å². The molecular weight excluding hydrogens is 182 g/mol. The molecule has 5 heteroatoms. The number of hydrogen-bond acceptors (Lipinski definition) is 4. The summed E-state index contributed by atoms with van der Waals surface area (Å²) in [6.45, 7) is 1.13. The lowest BCUT2D eigenvalue weighted by Crippen LogP contribution is -2.25. The van der Waals surface area contributed by atoms with Crippen molar-refractivity contribution in [2.24, 2.45) is 5.73 Å². The molecule has 1 aromatic rings. The highest BCUT2D eigenvalue weighted by molar-refractivity contribution is 5.75. The van der Waals surface area contributed by atoms with Gasteiger partial charge in [-0.05, 0) is 13.0 Å². The molecule has 1 rings (SSSR count). The Morgan fingerprint density at radius 1 is 1.64 bits per heavy atom. The molecule has 0 aliphatic carbocycles. The molecule has 0 fully saturated rings. The van der Waals surface area contributed by atoms with Crippen LogP contribution < -0.4 is 11.1 Å². The van der Waals surface area contributed by atoms with Crippen molar-refractivity contribution >= 4 is 5.91 Å². The van der Waals surface area contributed by atoms with Crippen LogP contribution in [0.1, 0.15) is 18.6 Å².